The van der Waals surface area contributed by atoms with Gasteiger partial charge in [0, 0.05) is 6.42 Å². The molecule has 0 saturated heterocycles. The molecular weight excluding hydrogens is 330 g/mol. The first-order valence-electron chi connectivity index (χ1n) is 11.9. The first kappa shape index (κ1) is 22.1. The van der Waals surface area contributed by atoms with Crippen molar-refractivity contribution in [3.05, 3.63) is 24.3 Å². The van der Waals surface area contributed by atoms with E-state index in [1.54, 1.807) is 0 Å². The molecule has 2 rings (SSSR count). The number of fused-ring (bicyclic) bond motifs is 1. The highest BCUT2D eigenvalue weighted by Gasteiger charge is 2.19. The van der Waals surface area contributed by atoms with E-state index >= 15 is 0 Å². The van der Waals surface area contributed by atoms with Crippen molar-refractivity contribution in [1.29, 1.82) is 0 Å². The van der Waals surface area contributed by atoms with E-state index in [9.17, 15) is 0 Å². The molecule has 0 aliphatic carbocycles. The number of nitrogens with one attached hydrogen (secondary N) is 1. The average Bonchev–Trinajstić information content (AvgIpc) is 3.10. The highest BCUT2D eigenvalue weighted by molar-refractivity contribution is 5.59. The Morgan fingerprint density at radius 1 is 0.667 bits per heavy atom. The summed E-state index contributed by atoms with van der Waals surface area (Å²) in [6.45, 7) is 2.29. The molecule has 0 amide bonds. The molecule has 154 valence electrons. The Balaban J connectivity index is 1.27. The second-order valence-corrected chi connectivity index (χ2v) is 8.34. The third kappa shape index (κ3) is 10.1. The number of hydrogen-bond acceptors (Lipinski definition) is 2. The first-order chi connectivity index (χ1) is 13.4. The van der Waals surface area contributed by atoms with E-state index in [0.29, 0.717) is 0 Å². The van der Waals surface area contributed by atoms with Crippen LogP contribution in [-0.2, 0) is 0 Å². The summed E-state index contributed by atoms with van der Waals surface area (Å²) in [5.41, 5.74) is 1.15. The van der Waals surface area contributed by atoms with Crippen molar-refractivity contribution in [3.8, 4) is 5.75 Å². The Hall–Kier alpha value is -1.18. The summed E-state index contributed by atoms with van der Waals surface area (Å²) in [6.07, 6.45) is 24.1. The standard InChI is InChI=1S/C25H43NO/c1-2-3-4-5-6-7-8-9-10-11-12-13-14-15-16-17-22-25-26-23-20-18-19-21-24(23)27-25/h18-21,25-26H,2-17,22H2,1H3. The Kier molecular flexibility index (Phi) is 12.1. The fourth-order valence-electron chi connectivity index (χ4n) is 4.05. The smallest absolute Gasteiger partial charge is 0.170 e. The van der Waals surface area contributed by atoms with Gasteiger partial charge in [0.15, 0.2) is 6.23 Å². The number of hydrogen-bond donors (Lipinski definition) is 1. The lowest BCUT2D eigenvalue weighted by molar-refractivity contribution is 0.236. The van der Waals surface area contributed by atoms with Crippen LogP contribution in [0.2, 0.25) is 0 Å². The predicted octanol–water partition coefficient (Wildman–Crippen LogP) is 8.47. The van der Waals surface area contributed by atoms with Gasteiger partial charge < -0.3 is 10.1 Å². The van der Waals surface area contributed by atoms with E-state index in [1.807, 2.05) is 6.07 Å². The fourth-order valence-corrected chi connectivity index (χ4v) is 4.05. The van der Waals surface area contributed by atoms with Crippen LogP contribution in [0.1, 0.15) is 116 Å². The molecule has 1 aromatic rings. The van der Waals surface area contributed by atoms with E-state index < -0.39 is 0 Å². The summed E-state index contributed by atoms with van der Waals surface area (Å²) in [6, 6.07) is 8.25. The maximum absolute atomic E-state index is 5.92. The molecule has 0 fully saturated rings. The zero-order chi connectivity index (χ0) is 19.0. The van der Waals surface area contributed by atoms with E-state index in [-0.39, 0.29) is 6.23 Å². The van der Waals surface area contributed by atoms with Crippen LogP contribution in [0, 0.1) is 0 Å². The summed E-state index contributed by atoms with van der Waals surface area (Å²) in [5, 5.41) is 3.46. The van der Waals surface area contributed by atoms with E-state index in [1.165, 1.54) is 103 Å². The number of anilines is 1. The topological polar surface area (TPSA) is 21.3 Å². The molecule has 1 aliphatic heterocycles. The highest BCUT2D eigenvalue weighted by atomic mass is 16.5. The van der Waals surface area contributed by atoms with Gasteiger partial charge in [0.05, 0.1) is 5.69 Å². The molecule has 27 heavy (non-hydrogen) atoms. The van der Waals surface area contributed by atoms with Gasteiger partial charge in [0.25, 0.3) is 0 Å². The molecule has 2 heteroatoms. The summed E-state index contributed by atoms with van der Waals surface area (Å²) in [7, 11) is 0. The summed E-state index contributed by atoms with van der Waals surface area (Å²) in [5.74, 6) is 1.01. The van der Waals surface area contributed by atoms with Crippen LogP contribution in [-0.4, -0.2) is 6.23 Å². The normalized spacial score (nSPS) is 15.4. The molecule has 1 heterocycles. The maximum Gasteiger partial charge on any atom is 0.170 e. The summed E-state index contributed by atoms with van der Waals surface area (Å²) in [4.78, 5) is 0. The van der Waals surface area contributed by atoms with Gasteiger partial charge in [0.1, 0.15) is 5.75 Å². The molecule has 2 nitrogen and oxygen atoms in total. The SMILES string of the molecule is CCCCCCCCCCCCCCCCCCC1Nc2ccccc2O1. The predicted molar refractivity (Wildman–Crippen MR) is 119 cm³/mol. The fraction of sp³-hybridized carbons (Fsp3) is 0.760. The zero-order valence-corrected chi connectivity index (χ0v) is 17.8. The molecule has 1 atom stereocenters. The molecule has 1 unspecified atom stereocenters. The minimum absolute atomic E-state index is 0.189. The number of rotatable bonds is 17. The lowest BCUT2D eigenvalue weighted by Crippen LogP contribution is -2.19. The summed E-state index contributed by atoms with van der Waals surface area (Å²) >= 11 is 0. The van der Waals surface area contributed by atoms with Gasteiger partial charge in [-0.2, -0.15) is 0 Å². The first-order valence-corrected chi connectivity index (χ1v) is 11.9. The van der Waals surface area contributed by atoms with Crippen molar-refractivity contribution in [2.75, 3.05) is 5.32 Å². The van der Waals surface area contributed by atoms with E-state index in [4.69, 9.17) is 4.74 Å². The maximum atomic E-state index is 5.92. The molecule has 0 spiro atoms. The van der Waals surface area contributed by atoms with E-state index in [2.05, 4.69) is 30.4 Å². The molecule has 0 radical (unpaired) electrons. The van der Waals surface area contributed by atoms with Crippen LogP contribution >= 0.6 is 0 Å². The number of ether oxygens (including phenoxy) is 1. The van der Waals surface area contributed by atoms with E-state index in [0.717, 1.165) is 17.9 Å². The van der Waals surface area contributed by atoms with Gasteiger partial charge in [0.2, 0.25) is 0 Å². The second kappa shape index (κ2) is 14.8. The van der Waals surface area contributed by atoms with Crippen LogP contribution in [0.3, 0.4) is 0 Å². The lowest BCUT2D eigenvalue weighted by Gasteiger charge is -2.10. The molecular formula is C25H43NO. The number of benzene rings is 1. The summed E-state index contributed by atoms with van der Waals surface area (Å²) < 4.78 is 5.92. The lowest BCUT2D eigenvalue weighted by atomic mass is 10.0. The van der Waals surface area contributed by atoms with Crippen LogP contribution < -0.4 is 10.1 Å². The van der Waals surface area contributed by atoms with Crippen LogP contribution in [0.15, 0.2) is 24.3 Å². The average molecular weight is 374 g/mol. The zero-order valence-electron chi connectivity index (χ0n) is 17.8. The van der Waals surface area contributed by atoms with Crippen molar-refractivity contribution in [2.24, 2.45) is 0 Å². The Morgan fingerprint density at radius 2 is 1.15 bits per heavy atom. The Bertz CT molecular complexity index is 448. The monoisotopic (exact) mass is 373 g/mol. The van der Waals surface area contributed by atoms with Gasteiger partial charge in [-0.25, -0.2) is 0 Å². The Labute approximate surface area is 168 Å². The van der Waals surface area contributed by atoms with Crippen molar-refractivity contribution in [3.63, 3.8) is 0 Å². The number of unbranched alkanes of at least 4 members (excludes halogenated alkanes) is 15. The largest absolute Gasteiger partial charge is 0.469 e. The van der Waals surface area contributed by atoms with Crippen molar-refractivity contribution < 1.29 is 4.74 Å². The van der Waals surface area contributed by atoms with Crippen LogP contribution in [0.25, 0.3) is 0 Å². The van der Waals surface area contributed by atoms with Crippen molar-refractivity contribution in [1.82, 2.24) is 0 Å². The molecule has 1 aromatic carbocycles. The van der Waals surface area contributed by atoms with Gasteiger partial charge in [-0.3, -0.25) is 0 Å². The molecule has 1 aliphatic rings. The molecule has 0 aromatic heterocycles. The molecule has 0 bridgehead atoms. The van der Waals surface area contributed by atoms with Crippen LogP contribution in [0.5, 0.6) is 5.75 Å². The van der Waals surface area contributed by atoms with Gasteiger partial charge >= 0.3 is 0 Å². The highest BCUT2D eigenvalue weighted by Crippen LogP contribution is 2.32. The van der Waals surface area contributed by atoms with Gasteiger partial charge in [-0.05, 0) is 18.6 Å². The van der Waals surface area contributed by atoms with Crippen molar-refractivity contribution >= 4 is 5.69 Å². The quantitative estimate of drug-likeness (QED) is 0.276. The second-order valence-electron chi connectivity index (χ2n) is 8.34. The molecule has 0 saturated carbocycles. The van der Waals surface area contributed by atoms with Crippen LogP contribution in [0.4, 0.5) is 5.69 Å². The van der Waals surface area contributed by atoms with Gasteiger partial charge in [-0.15, -0.1) is 0 Å². The number of para-hydroxylation sites is 2. The molecule has 1 N–H and O–H groups in total. The van der Waals surface area contributed by atoms with Gasteiger partial charge in [-0.1, -0.05) is 115 Å². The minimum atomic E-state index is 0.189. The third-order valence-electron chi connectivity index (χ3n) is 5.79. The Morgan fingerprint density at radius 3 is 1.67 bits per heavy atom. The van der Waals surface area contributed by atoms with Crippen molar-refractivity contribution in [2.45, 2.75) is 122 Å². The third-order valence-corrected chi connectivity index (χ3v) is 5.79. The minimum Gasteiger partial charge on any atom is -0.469 e.